The monoisotopic (exact) mass is 336 g/mol. The molecule has 1 N–H and O–H groups in total. The van der Waals surface area contributed by atoms with E-state index in [2.05, 4.69) is 5.32 Å². The molecule has 0 aromatic heterocycles. The first kappa shape index (κ1) is 16.3. The number of fused-ring (bicyclic) bond motifs is 1. The largest absolute Gasteiger partial charge is 0.322 e. The minimum Gasteiger partial charge on any atom is -0.322 e. The molecular weight excluding hydrogens is 324 g/mol. The molecule has 25 heavy (non-hydrogen) atoms. The first-order valence-electron chi connectivity index (χ1n) is 7.35. The topological polar surface area (TPSA) is 106 Å². The van der Waals surface area contributed by atoms with Gasteiger partial charge in [0.1, 0.15) is 5.70 Å². The third-order valence-electron chi connectivity index (χ3n) is 3.79. The summed E-state index contributed by atoms with van der Waals surface area (Å²) in [5.41, 5.74) is 0.526. The highest BCUT2D eigenvalue weighted by Crippen LogP contribution is 2.32. The number of nitro benzene ring substituents is 1. The first-order chi connectivity index (χ1) is 11.9. The second-order valence-electron chi connectivity index (χ2n) is 5.44. The average Bonchev–Trinajstić information content (AvgIpc) is 2.59. The fraction of sp³-hybridized carbons (Fsp3) is 0.0556. The van der Waals surface area contributed by atoms with Crippen LogP contribution in [0, 0.1) is 10.1 Å². The molecule has 1 aliphatic rings. The molecule has 0 unspecified atom stereocenters. The van der Waals surface area contributed by atoms with Gasteiger partial charge in [0.05, 0.1) is 10.5 Å². The summed E-state index contributed by atoms with van der Waals surface area (Å²) >= 11 is 0. The van der Waals surface area contributed by atoms with E-state index in [4.69, 9.17) is 0 Å². The molecule has 1 amide bonds. The lowest BCUT2D eigenvalue weighted by Gasteiger charge is -2.21. The number of nitrogens with zero attached hydrogens (tertiary/aromatic N) is 1. The molecule has 7 nitrogen and oxygen atoms in total. The number of amides is 1. The van der Waals surface area contributed by atoms with Gasteiger partial charge in [-0.3, -0.25) is 24.5 Å². The number of hydrogen-bond acceptors (Lipinski definition) is 5. The molecule has 2 aromatic carbocycles. The highest BCUT2D eigenvalue weighted by molar-refractivity contribution is 6.40. The third-order valence-corrected chi connectivity index (χ3v) is 3.79. The number of ketones is 2. The van der Waals surface area contributed by atoms with Crippen LogP contribution >= 0.6 is 0 Å². The van der Waals surface area contributed by atoms with Gasteiger partial charge < -0.3 is 5.32 Å². The van der Waals surface area contributed by atoms with Crippen LogP contribution in [0.2, 0.25) is 0 Å². The highest BCUT2D eigenvalue weighted by atomic mass is 16.6. The van der Waals surface area contributed by atoms with E-state index in [0.717, 1.165) is 0 Å². The van der Waals surface area contributed by atoms with Crippen LogP contribution < -0.4 is 5.32 Å². The van der Waals surface area contributed by atoms with Crippen LogP contribution in [-0.4, -0.2) is 22.4 Å². The van der Waals surface area contributed by atoms with E-state index >= 15 is 0 Å². The van der Waals surface area contributed by atoms with Crippen molar-refractivity contribution in [1.82, 2.24) is 5.32 Å². The van der Waals surface area contributed by atoms with E-state index in [1.54, 1.807) is 12.1 Å². The van der Waals surface area contributed by atoms with Gasteiger partial charge in [-0.05, 0) is 17.7 Å². The Labute approximate surface area is 142 Å². The average molecular weight is 336 g/mol. The zero-order valence-electron chi connectivity index (χ0n) is 13.1. The number of nitrogens with one attached hydrogen (secondary N) is 1. The normalized spacial score (nSPS) is 13.5. The van der Waals surface area contributed by atoms with Crippen LogP contribution in [0.25, 0.3) is 5.57 Å². The summed E-state index contributed by atoms with van der Waals surface area (Å²) in [6, 6.07) is 11.6. The Morgan fingerprint density at radius 2 is 1.52 bits per heavy atom. The highest BCUT2D eigenvalue weighted by Gasteiger charge is 2.33. The molecule has 0 saturated heterocycles. The van der Waals surface area contributed by atoms with Crippen molar-refractivity contribution >= 4 is 28.7 Å². The molecule has 0 spiro atoms. The maximum atomic E-state index is 12.9. The van der Waals surface area contributed by atoms with E-state index < -0.39 is 22.4 Å². The van der Waals surface area contributed by atoms with Gasteiger partial charge in [-0.15, -0.1) is 0 Å². The van der Waals surface area contributed by atoms with Gasteiger partial charge in [0, 0.05) is 30.2 Å². The number of non-ortho nitro benzene ring substituents is 1. The zero-order valence-corrected chi connectivity index (χ0v) is 13.1. The second-order valence-corrected chi connectivity index (χ2v) is 5.44. The van der Waals surface area contributed by atoms with Gasteiger partial charge in [-0.1, -0.05) is 24.3 Å². The molecule has 0 fully saturated rings. The van der Waals surface area contributed by atoms with Crippen molar-refractivity contribution in [3.63, 3.8) is 0 Å². The van der Waals surface area contributed by atoms with Gasteiger partial charge in [-0.2, -0.15) is 0 Å². The van der Waals surface area contributed by atoms with Gasteiger partial charge in [-0.25, -0.2) is 0 Å². The molecular formula is C18H12N2O5. The Morgan fingerprint density at radius 1 is 0.960 bits per heavy atom. The van der Waals surface area contributed by atoms with Gasteiger partial charge >= 0.3 is 0 Å². The fourth-order valence-electron chi connectivity index (χ4n) is 2.70. The van der Waals surface area contributed by atoms with Crippen LogP contribution in [0.1, 0.15) is 33.2 Å². The van der Waals surface area contributed by atoms with Crippen LogP contribution in [0.5, 0.6) is 0 Å². The predicted molar refractivity (Wildman–Crippen MR) is 88.9 cm³/mol. The number of nitro groups is 1. The molecule has 0 heterocycles. The van der Waals surface area contributed by atoms with Crippen molar-refractivity contribution in [2.24, 2.45) is 0 Å². The van der Waals surface area contributed by atoms with Crippen molar-refractivity contribution in [2.75, 3.05) is 0 Å². The van der Waals surface area contributed by atoms with Crippen molar-refractivity contribution < 1.29 is 19.3 Å². The minimum atomic E-state index is -0.559. The molecule has 0 bridgehead atoms. The van der Waals surface area contributed by atoms with E-state index in [9.17, 15) is 24.5 Å². The Bertz CT molecular complexity index is 958. The quantitative estimate of drug-likeness (QED) is 0.684. The standard InChI is InChI=1S/C18H12N2O5/c1-10(21)19-16-15(11-6-8-12(9-7-11)20(24)25)17(22)13-4-2-3-5-14(13)18(16)23/h2-9H,1H3,(H,19,21). The van der Waals surface area contributed by atoms with Crippen LogP contribution in [0.15, 0.2) is 54.2 Å². The fourth-order valence-corrected chi connectivity index (χ4v) is 2.70. The van der Waals surface area contributed by atoms with E-state index in [1.165, 1.54) is 43.3 Å². The maximum absolute atomic E-state index is 12.9. The van der Waals surface area contributed by atoms with Crippen molar-refractivity contribution in [3.05, 3.63) is 81.0 Å². The lowest BCUT2D eigenvalue weighted by atomic mass is 9.84. The molecule has 0 saturated carbocycles. The Balaban J connectivity index is 2.21. The number of carbonyl (C=O) groups is 3. The summed E-state index contributed by atoms with van der Waals surface area (Å²) in [7, 11) is 0. The number of hydrogen-bond donors (Lipinski definition) is 1. The van der Waals surface area contributed by atoms with E-state index in [1.807, 2.05) is 0 Å². The number of allylic oxidation sites excluding steroid dienone is 2. The van der Waals surface area contributed by atoms with Gasteiger partial charge in [0.15, 0.2) is 5.78 Å². The summed E-state index contributed by atoms with van der Waals surface area (Å²) in [4.78, 5) is 47.3. The summed E-state index contributed by atoms with van der Waals surface area (Å²) in [6.07, 6.45) is 0. The number of Topliss-reactive ketones (excluding diaryl/α,β-unsaturated/α-hetero) is 2. The minimum absolute atomic E-state index is 0.0220. The molecule has 0 atom stereocenters. The van der Waals surface area contributed by atoms with Crippen molar-refractivity contribution in [3.8, 4) is 0 Å². The molecule has 2 aromatic rings. The van der Waals surface area contributed by atoms with Crippen molar-refractivity contribution in [2.45, 2.75) is 6.92 Å². The maximum Gasteiger partial charge on any atom is 0.269 e. The van der Waals surface area contributed by atoms with Gasteiger partial charge in [0.25, 0.3) is 5.69 Å². The number of carbonyl (C=O) groups excluding carboxylic acids is 3. The Morgan fingerprint density at radius 3 is 2.04 bits per heavy atom. The smallest absolute Gasteiger partial charge is 0.269 e. The van der Waals surface area contributed by atoms with Crippen LogP contribution in [0.3, 0.4) is 0 Å². The Hall–Kier alpha value is -3.61. The summed E-state index contributed by atoms with van der Waals surface area (Å²) < 4.78 is 0. The first-order valence-corrected chi connectivity index (χ1v) is 7.35. The van der Waals surface area contributed by atoms with Crippen LogP contribution in [-0.2, 0) is 4.79 Å². The van der Waals surface area contributed by atoms with Crippen molar-refractivity contribution in [1.29, 1.82) is 0 Å². The number of rotatable bonds is 3. The van der Waals surface area contributed by atoms with Gasteiger partial charge in [0.2, 0.25) is 11.7 Å². The van der Waals surface area contributed by atoms with E-state index in [0.29, 0.717) is 5.56 Å². The molecule has 0 aliphatic heterocycles. The summed E-state index contributed by atoms with van der Waals surface area (Å²) in [6.45, 7) is 1.23. The lowest BCUT2D eigenvalue weighted by Crippen LogP contribution is -2.32. The Kier molecular flexibility index (Phi) is 3.98. The molecule has 7 heteroatoms. The molecule has 1 aliphatic carbocycles. The zero-order chi connectivity index (χ0) is 18.1. The summed E-state index contributed by atoms with van der Waals surface area (Å²) in [5.74, 6) is -1.39. The predicted octanol–water partition coefficient (Wildman–Crippen LogP) is 2.52. The van der Waals surface area contributed by atoms with Crippen LogP contribution in [0.4, 0.5) is 5.69 Å². The number of benzene rings is 2. The molecule has 0 radical (unpaired) electrons. The molecule has 3 rings (SSSR count). The molecule has 124 valence electrons. The summed E-state index contributed by atoms with van der Waals surface area (Å²) in [5, 5.41) is 13.2. The third kappa shape index (κ3) is 2.83. The second kappa shape index (κ2) is 6.12. The lowest BCUT2D eigenvalue weighted by molar-refractivity contribution is -0.384. The van der Waals surface area contributed by atoms with E-state index in [-0.39, 0.29) is 28.1 Å². The SMILES string of the molecule is CC(=O)NC1=C(c2ccc([N+](=O)[O-])cc2)C(=O)c2ccccc2C1=O.